The number of nitrogens with two attached hydrogens (primary N) is 1. The molecule has 9 heteroatoms. The molecule has 7 N–H and O–H groups in total. The fourth-order valence-corrected chi connectivity index (χ4v) is 5.62. The summed E-state index contributed by atoms with van der Waals surface area (Å²) in [4.78, 5) is 37.9. The average Bonchev–Trinajstić information content (AvgIpc) is 2.70. The molecule has 0 fully saturated rings. The number of hydrogen-bond donors (Lipinski definition) is 6. The first-order valence-electron chi connectivity index (χ1n) is 10.2. The lowest BCUT2D eigenvalue weighted by Crippen LogP contribution is -2.57. The molecule has 0 bridgehead atoms. The molecule has 5 rings (SSSR count). The number of fused-ring (bicyclic) bond motifs is 4. The molecule has 1 unspecified atom stereocenters. The number of aliphatic hydroxyl groups is 3. The van der Waals surface area contributed by atoms with Crippen LogP contribution in [0.2, 0.25) is 0 Å². The van der Waals surface area contributed by atoms with E-state index in [1.807, 2.05) is 6.07 Å². The second kappa shape index (κ2) is 6.34. The number of phenols is 1. The zero-order valence-electron chi connectivity index (χ0n) is 16.6. The first-order chi connectivity index (χ1) is 14.7. The van der Waals surface area contributed by atoms with E-state index in [1.54, 1.807) is 0 Å². The zero-order valence-corrected chi connectivity index (χ0v) is 16.6. The van der Waals surface area contributed by atoms with Crippen LogP contribution in [0.3, 0.4) is 0 Å². The number of primary amides is 1. The van der Waals surface area contributed by atoms with Crippen molar-refractivity contribution in [3.05, 3.63) is 45.4 Å². The van der Waals surface area contributed by atoms with E-state index < -0.39 is 52.0 Å². The molecule has 3 atom stereocenters. The molecular formula is C22H22N2O7. The van der Waals surface area contributed by atoms with Crippen LogP contribution >= 0.6 is 0 Å². The number of carbonyl (C=O) groups is 3. The van der Waals surface area contributed by atoms with Gasteiger partial charge in [-0.1, -0.05) is 6.07 Å². The highest BCUT2D eigenvalue weighted by Crippen LogP contribution is 2.52. The quantitative estimate of drug-likeness (QED) is 0.285. The Hall–Kier alpha value is -3.33. The number of ketones is 2. The summed E-state index contributed by atoms with van der Waals surface area (Å²) in [5, 5.41) is 46.2. The van der Waals surface area contributed by atoms with Crippen LogP contribution in [0.5, 0.6) is 5.75 Å². The number of nitrogens with one attached hydrogen (secondary N) is 1. The molecule has 9 nitrogen and oxygen atoms in total. The van der Waals surface area contributed by atoms with Gasteiger partial charge < -0.3 is 31.5 Å². The number of aromatic hydroxyl groups is 1. The summed E-state index contributed by atoms with van der Waals surface area (Å²) in [6.45, 7) is 0.658. The van der Waals surface area contributed by atoms with Gasteiger partial charge in [-0.2, -0.15) is 0 Å². The molecule has 1 amide bonds. The summed E-state index contributed by atoms with van der Waals surface area (Å²) in [7, 11) is 0. The van der Waals surface area contributed by atoms with E-state index in [1.165, 1.54) is 0 Å². The minimum absolute atomic E-state index is 0.0461. The smallest absolute Gasteiger partial charge is 0.255 e. The number of phenolic OH excluding ortho intramolecular Hbond substituents is 1. The van der Waals surface area contributed by atoms with Crippen molar-refractivity contribution in [2.45, 2.75) is 37.7 Å². The summed E-state index contributed by atoms with van der Waals surface area (Å²) in [6, 6.07) is 1.89. The van der Waals surface area contributed by atoms with Gasteiger partial charge in [-0.3, -0.25) is 14.4 Å². The van der Waals surface area contributed by atoms with Crippen LogP contribution in [0.4, 0.5) is 5.69 Å². The Labute approximate surface area is 176 Å². The molecule has 0 aromatic heterocycles. The maximum Gasteiger partial charge on any atom is 0.255 e. The third-order valence-electron chi connectivity index (χ3n) is 7.06. The van der Waals surface area contributed by atoms with Crippen LogP contribution in [0, 0.1) is 11.8 Å². The van der Waals surface area contributed by atoms with Crippen LogP contribution in [0.1, 0.15) is 40.7 Å². The summed E-state index contributed by atoms with van der Waals surface area (Å²) in [6.07, 6.45) is 1.91. The molecule has 1 heterocycles. The Morgan fingerprint density at radius 1 is 1.16 bits per heavy atom. The molecule has 1 aromatic carbocycles. The van der Waals surface area contributed by atoms with Crippen LogP contribution in [0.25, 0.3) is 0 Å². The summed E-state index contributed by atoms with van der Waals surface area (Å²) < 4.78 is 0. The largest absolute Gasteiger partial charge is 0.511 e. The van der Waals surface area contributed by atoms with Crippen LogP contribution in [-0.4, -0.2) is 50.0 Å². The maximum atomic E-state index is 13.4. The number of benzene rings is 1. The second-order valence-corrected chi connectivity index (χ2v) is 8.73. The van der Waals surface area contributed by atoms with Gasteiger partial charge in [0.15, 0.2) is 11.4 Å². The van der Waals surface area contributed by atoms with Crippen molar-refractivity contribution in [3.8, 4) is 5.75 Å². The Balaban J connectivity index is 1.68. The number of hydrogen-bond acceptors (Lipinski definition) is 8. The average molecular weight is 426 g/mol. The molecule has 3 aliphatic carbocycles. The van der Waals surface area contributed by atoms with Crippen molar-refractivity contribution in [3.63, 3.8) is 0 Å². The lowest BCUT2D eigenvalue weighted by molar-refractivity contribution is -0.144. The monoisotopic (exact) mass is 426 g/mol. The van der Waals surface area contributed by atoms with Crippen molar-refractivity contribution in [1.29, 1.82) is 0 Å². The van der Waals surface area contributed by atoms with Gasteiger partial charge in [0, 0.05) is 24.5 Å². The lowest BCUT2D eigenvalue weighted by atomic mass is 9.60. The minimum atomic E-state index is -2.53. The van der Waals surface area contributed by atoms with E-state index in [4.69, 9.17) is 5.73 Å². The fraction of sp³-hybridized carbons (Fsp3) is 0.409. The Kier molecular flexibility index (Phi) is 4.01. The normalized spacial score (nSPS) is 29.6. The second-order valence-electron chi connectivity index (χ2n) is 8.73. The zero-order chi connectivity index (χ0) is 22.2. The molecule has 162 valence electrons. The molecule has 0 radical (unpaired) electrons. The third kappa shape index (κ3) is 2.43. The lowest BCUT2D eigenvalue weighted by Gasteiger charge is -2.45. The van der Waals surface area contributed by atoms with Gasteiger partial charge in [0.25, 0.3) is 5.91 Å². The molecule has 4 aliphatic rings. The van der Waals surface area contributed by atoms with E-state index in [-0.39, 0.29) is 29.7 Å². The predicted molar refractivity (Wildman–Crippen MR) is 108 cm³/mol. The molecule has 1 aromatic rings. The number of carbonyl (C=O) groups excluding carboxylic acids is 3. The van der Waals surface area contributed by atoms with Crippen molar-refractivity contribution >= 4 is 23.2 Å². The number of aliphatic hydroxyl groups excluding tert-OH is 2. The maximum absolute atomic E-state index is 13.4. The summed E-state index contributed by atoms with van der Waals surface area (Å²) in [5.74, 6) is -6.06. The third-order valence-corrected chi connectivity index (χ3v) is 7.06. The fourth-order valence-electron chi connectivity index (χ4n) is 5.62. The van der Waals surface area contributed by atoms with Crippen molar-refractivity contribution < 1.29 is 34.8 Å². The summed E-state index contributed by atoms with van der Waals surface area (Å²) >= 11 is 0. The van der Waals surface area contributed by atoms with E-state index in [0.717, 1.165) is 18.4 Å². The van der Waals surface area contributed by atoms with Gasteiger partial charge in [0.1, 0.15) is 22.8 Å². The highest BCUT2D eigenvalue weighted by molar-refractivity contribution is 6.24. The molecule has 0 saturated carbocycles. The van der Waals surface area contributed by atoms with E-state index in [2.05, 4.69) is 5.32 Å². The van der Waals surface area contributed by atoms with Crippen molar-refractivity contribution in [2.75, 3.05) is 11.9 Å². The highest BCUT2D eigenvalue weighted by atomic mass is 16.3. The van der Waals surface area contributed by atoms with Gasteiger partial charge in [-0.15, -0.1) is 0 Å². The van der Waals surface area contributed by atoms with Crippen molar-refractivity contribution in [1.82, 2.24) is 0 Å². The number of aryl methyl sites for hydroxylation is 1. The molecule has 0 saturated heterocycles. The van der Waals surface area contributed by atoms with Gasteiger partial charge in [0.2, 0.25) is 5.78 Å². The molecule has 1 aliphatic heterocycles. The standard InChI is InChI=1S/C22H22N2O7/c23-21(30)15-12(25)7-11-6-10-5-9-4-8-2-1-3-24-16(8)18(27)13(9)17(26)14(10)19(28)22(11,31)20(15)29/h4,10-11,24-25,27-28,31H,1-3,5-7H2,(H2,23,30)/t10?,11-,22-/m0/s1. The molecular weight excluding hydrogens is 404 g/mol. The first-order valence-corrected chi connectivity index (χ1v) is 10.2. The summed E-state index contributed by atoms with van der Waals surface area (Å²) in [5.41, 5.74) is 3.84. The SMILES string of the molecule is NC(=O)C1=C(O)C[C@@H]2CC3Cc4cc5c(c(O)c4C(=O)C3=C(O)[C@]2(O)C1=O)NCCC5. The number of allylic oxidation sites excluding steroid dienone is 2. The number of Topliss-reactive ketones (excluding diaryl/α,β-unsaturated/α-hetero) is 2. The van der Waals surface area contributed by atoms with Crippen LogP contribution < -0.4 is 11.1 Å². The molecule has 0 spiro atoms. The topological polar surface area (TPSA) is 170 Å². The number of anilines is 1. The molecule has 31 heavy (non-hydrogen) atoms. The number of amides is 1. The van der Waals surface area contributed by atoms with Crippen molar-refractivity contribution in [2.24, 2.45) is 17.6 Å². The van der Waals surface area contributed by atoms with Crippen LogP contribution in [0.15, 0.2) is 28.7 Å². The van der Waals surface area contributed by atoms with E-state index in [0.29, 0.717) is 24.2 Å². The first kappa shape index (κ1) is 19.6. The van der Waals surface area contributed by atoms with Gasteiger partial charge in [-0.05, 0) is 42.7 Å². The van der Waals surface area contributed by atoms with E-state index >= 15 is 0 Å². The van der Waals surface area contributed by atoms with E-state index in [9.17, 15) is 34.8 Å². The Morgan fingerprint density at radius 2 is 1.90 bits per heavy atom. The van der Waals surface area contributed by atoms with Crippen LogP contribution in [-0.2, 0) is 22.4 Å². The van der Waals surface area contributed by atoms with Gasteiger partial charge >= 0.3 is 0 Å². The highest BCUT2D eigenvalue weighted by Gasteiger charge is 2.59. The van der Waals surface area contributed by atoms with Gasteiger partial charge in [0.05, 0.1) is 11.3 Å². The predicted octanol–water partition coefficient (Wildman–Crippen LogP) is 0.939. The minimum Gasteiger partial charge on any atom is -0.511 e. The Bertz CT molecular complexity index is 1150. The van der Waals surface area contributed by atoms with Gasteiger partial charge in [-0.25, -0.2) is 0 Å². The number of rotatable bonds is 1. The Morgan fingerprint density at radius 3 is 2.61 bits per heavy atom.